The number of pyridine rings is 1. The molecule has 1 fully saturated rings. The molecular weight excluding hydrogens is 505 g/mol. The summed E-state index contributed by atoms with van der Waals surface area (Å²) in [5.41, 5.74) is 2.73. The second-order valence-electron chi connectivity index (χ2n) is 11.6. The molecule has 7 nitrogen and oxygen atoms in total. The Labute approximate surface area is 229 Å². The number of nitrogens with zero attached hydrogens (tertiary/aromatic N) is 1. The van der Waals surface area contributed by atoms with E-state index < -0.39 is 17.9 Å². The number of amides is 2. The summed E-state index contributed by atoms with van der Waals surface area (Å²) >= 11 is 1.50. The van der Waals surface area contributed by atoms with Gasteiger partial charge in [-0.15, -0.1) is 11.3 Å². The lowest BCUT2D eigenvalue weighted by molar-refractivity contribution is 0.000431. The molecule has 0 radical (unpaired) electrons. The zero-order valence-corrected chi connectivity index (χ0v) is 24.7. The number of alkyl halides is 1. The number of thiophene rings is 1. The van der Waals surface area contributed by atoms with Gasteiger partial charge in [-0.1, -0.05) is 20.3 Å². The molecule has 210 valence electrons. The highest BCUT2D eigenvalue weighted by atomic mass is 32.1. The normalized spacial score (nSPS) is 19.7. The van der Waals surface area contributed by atoms with Gasteiger partial charge in [0, 0.05) is 46.4 Å². The smallest absolute Gasteiger partial charge is 0.410 e. The summed E-state index contributed by atoms with van der Waals surface area (Å²) in [5.74, 6) is -0.368. The Morgan fingerprint density at radius 2 is 1.97 bits per heavy atom. The minimum Gasteiger partial charge on any atom is -0.444 e. The minimum absolute atomic E-state index is 0.00866. The molecular formula is C29H42FN3O4S. The number of carbonyl (C=O) groups excluding carboxylic acids is 2. The summed E-state index contributed by atoms with van der Waals surface area (Å²) in [5, 5.41) is 4.73. The van der Waals surface area contributed by atoms with E-state index >= 15 is 4.39 Å². The number of nitrogens with one attached hydrogen (secondary N) is 2. The summed E-state index contributed by atoms with van der Waals surface area (Å²) in [6.45, 7) is 15.8. The largest absolute Gasteiger partial charge is 0.444 e. The number of H-pyrrole nitrogens is 1. The average Bonchev–Trinajstić information content (AvgIpc) is 3.19. The summed E-state index contributed by atoms with van der Waals surface area (Å²) in [7, 11) is 0. The number of hydrogen-bond acceptors (Lipinski definition) is 5. The van der Waals surface area contributed by atoms with Crippen LogP contribution in [0.15, 0.2) is 16.2 Å². The van der Waals surface area contributed by atoms with E-state index in [4.69, 9.17) is 4.74 Å². The Kier molecular flexibility index (Phi) is 9.44. The lowest BCUT2D eigenvalue weighted by atomic mass is 9.74. The fourth-order valence-corrected chi connectivity index (χ4v) is 6.68. The molecule has 0 saturated carbocycles. The Morgan fingerprint density at radius 1 is 1.29 bits per heavy atom. The van der Waals surface area contributed by atoms with Gasteiger partial charge in [0.25, 0.3) is 11.5 Å². The molecule has 1 aliphatic heterocycles. The van der Waals surface area contributed by atoms with E-state index in [2.05, 4.69) is 24.1 Å². The van der Waals surface area contributed by atoms with Crippen molar-refractivity contribution in [2.24, 2.45) is 11.8 Å². The molecule has 0 bridgehead atoms. The van der Waals surface area contributed by atoms with E-state index in [1.54, 1.807) is 20.8 Å². The number of hydrogen-bond donors (Lipinski definition) is 2. The zero-order valence-electron chi connectivity index (χ0n) is 23.9. The van der Waals surface area contributed by atoms with Crippen LogP contribution in [0.4, 0.5) is 9.18 Å². The van der Waals surface area contributed by atoms with Crippen molar-refractivity contribution in [2.45, 2.75) is 92.5 Å². The standard InChI is InChI=1S/C29H42FN3O4S/c1-9-16(2)24(20-10-11-33(14-23(20)30)28(36)37-29(6,7)8)25-19(5)22(15-38-25)26(34)31-13-21-17(3)12-18(4)32-27(21)35/h12,15-16,20,23-24H,9-11,13-14H2,1-8H3,(H,31,34)(H,32,35). The summed E-state index contributed by atoms with van der Waals surface area (Å²) in [4.78, 5) is 43.3. The van der Waals surface area contributed by atoms with E-state index in [-0.39, 0.29) is 42.3 Å². The summed E-state index contributed by atoms with van der Waals surface area (Å²) < 4.78 is 21.1. The van der Waals surface area contributed by atoms with Crippen molar-refractivity contribution in [3.63, 3.8) is 0 Å². The summed E-state index contributed by atoms with van der Waals surface area (Å²) in [6.07, 6.45) is -0.264. The zero-order chi connectivity index (χ0) is 28.4. The summed E-state index contributed by atoms with van der Waals surface area (Å²) in [6, 6.07) is 1.88. The predicted octanol–water partition coefficient (Wildman–Crippen LogP) is 6.02. The van der Waals surface area contributed by atoms with Crippen LogP contribution in [0.2, 0.25) is 0 Å². The first-order valence-electron chi connectivity index (χ1n) is 13.4. The van der Waals surface area contributed by atoms with E-state index in [9.17, 15) is 14.4 Å². The minimum atomic E-state index is -1.19. The van der Waals surface area contributed by atoms with Crippen LogP contribution in [0.5, 0.6) is 0 Å². The van der Waals surface area contributed by atoms with Crippen LogP contribution in [0.1, 0.15) is 91.0 Å². The fraction of sp³-hybridized carbons (Fsp3) is 0.621. The maximum atomic E-state index is 15.7. The molecule has 3 rings (SSSR count). The van der Waals surface area contributed by atoms with Crippen molar-refractivity contribution in [2.75, 3.05) is 13.1 Å². The molecule has 0 spiro atoms. The van der Waals surface area contributed by atoms with Crippen molar-refractivity contribution in [1.29, 1.82) is 0 Å². The Hall–Kier alpha value is -2.68. The lowest BCUT2D eigenvalue weighted by Crippen LogP contribution is -2.48. The number of aryl methyl sites for hydroxylation is 2. The molecule has 0 aliphatic carbocycles. The van der Waals surface area contributed by atoms with Crippen molar-refractivity contribution in [1.82, 2.24) is 15.2 Å². The van der Waals surface area contributed by atoms with Gasteiger partial charge >= 0.3 is 6.09 Å². The highest BCUT2D eigenvalue weighted by Gasteiger charge is 2.41. The molecule has 2 aromatic heterocycles. The maximum absolute atomic E-state index is 15.7. The van der Waals surface area contributed by atoms with E-state index in [1.165, 1.54) is 16.2 Å². The van der Waals surface area contributed by atoms with Gasteiger partial charge in [-0.25, -0.2) is 9.18 Å². The topological polar surface area (TPSA) is 91.5 Å². The monoisotopic (exact) mass is 547 g/mol. The van der Waals surface area contributed by atoms with Gasteiger partial charge in [-0.2, -0.15) is 0 Å². The molecule has 1 saturated heterocycles. The molecule has 2 N–H and O–H groups in total. The van der Waals surface area contributed by atoms with Gasteiger partial charge in [0.15, 0.2) is 0 Å². The Bertz CT molecular complexity index is 1220. The van der Waals surface area contributed by atoms with Crippen LogP contribution in [-0.2, 0) is 11.3 Å². The fourth-order valence-electron chi connectivity index (χ4n) is 5.30. The molecule has 2 aromatic rings. The van der Waals surface area contributed by atoms with Gasteiger partial charge in [0.05, 0.1) is 12.1 Å². The van der Waals surface area contributed by atoms with Gasteiger partial charge in [-0.3, -0.25) is 9.59 Å². The van der Waals surface area contributed by atoms with Crippen molar-refractivity contribution in [3.05, 3.63) is 54.6 Å². The number of carbonyl (C=O) groups is 2. The third-order valence-electron chi connectivity index (χ3n) is 7.51. The number of aromatic amines is 1. The van der Waals surface area contributed by atoms with E-state index in [1.807, 2.05) is 32.2 Å². The van der Waals surface area contributed by atoms with Crippen molar-refractivity contribution < 1.29 is 18.7 Å². The Balaban J connectivity index is 1.78. The van der Waals surface area contributed by atoms with Gasteiger partial charge in [-0.05, 0) is 71.1 Å². The van der Waals surface area contributed by atoms with E-state index in [0.717, 1.165) is 28.1 Å². The molecule has 3 heterocycles. The molecule has 38 heavy (non-hydrogen) atoms. The number of piperidine rings is 1. The van der Waals surface area contributed by atoms with Crippen molar-refractivity contribution in [3.8, 4) is 0 Å². The van der Waals surface area contributed by atoms with Crippen LogP contribution < -0.4 is 10.9 Å². The maximum Gasteiger partial charge on any atom is 0.410 e. The number of aromatic nitrogens is 1. The molecule has 1 aliphatic rings. The highest BCUT2D eigenvalue weighted by Crippen LogP contribution is 2.45. The van der Waals surface area contributed by atoms with Crippen LogP contribution in [0.25, 0.3) is 0 Å². The van der Waals surface area contributed by atoms with Crippen LogP contribution >= 0.6 is 11.3 Å². The van der Waals surface area contributed by atoms with Gasteiger partial charge in [0.1, 0.15) is 11.8 Å². The quantitative estimate of drug-likeness (QED) is 0.444. The average molecular weight is 548 g/mol. The number of likely N-dealkylation sites (tertiary alicyclic amines) is 1. The van der Waals surface area contributed by atoms with Crippen molar-refractivity contribution >= 4 is 23.3 Å². The first-order chi connectivity index (χ1) is 17.7. The van der Waals surface area contributed by atoms with Crippen LogP contribution in [-0.4, -0.2) is 46.7 Å². The third-order valence-corrected chi connectivity index (χ3v) is 8.69. The van der Waals surface area contributed by atoms with Gasteiger partial charge < -0.3 is 19.9 Å². The molecule has 4 atom stereocenters. The van der Waals surface area contributed by atoms with Crippen LogP contribution in [0, 0.1) is 32.6 Å². The molecule has 2 amide bonds. The molecule has 0 aromatic carbocycles. The lowest BCUT2D eigenvalue weighted by Gasteiger charge is -2.40. The van der Waals surface area contributed by atoms with Crippen LogP contribution in [0.3, 0.4) is 0 Å². The molecule has 9 heteroatoms. The number of halogens is 1. The first kappa shape index (κ1) is 29.9. The third kappa shape index (κ3) is 6.84. The predicted molar refractivity (Wildman–Crippen MR) is 150 cm³/mol. The molecule has 4 unspecified atom stereocenters. The van der Waals surface area contributed by atoms with Gasteiger partial charge in [0.2, 0.25) is 0 Å². The van der Waals surface area contributed by atoms with E-state index in [0.29, 0.717) is 24.1 Å². The second-order valence-corrected chi connectivity index (χ2v) is 12.5. The SMILES string of the molecule is CCC(C)C(c1scc(C(=O)NCc2c(C)cc(C)[nH]c2=O)c1C)C1CCN(C(=O)OC(C)(C)C)CC1F. The number of rotatable bonds is 7. The second kappa shape index (κ2) is 12.0. The number of ether oxygens (including phenoxy) is 1. The highest BCUT2D eigenvalue weighted by molar-refractivity contribution is 7.10. The first-order valence-corrected chi connectivity index (χ1v) is 14.3. The Morgan fingerprint density at radius 3 is 2.55 bits per heavy atom.